The van der Waals surface area contributed by atoms with Crippen molar-refractivity contribution in [2.45, 2.75) is 55.0 Å². The molecule has 0 spiro atoms. The van der Waals surface area contributed by atoms with Gasteiger partial charge < -0.3 is 9.88 Å². The molecule has 1 aromatic heterocycles. The van der Waals surface area contributed by atoms with Crippen LogP contribution in [-0.4, -0.2) is 53.6 Å². The van der Waals surface area contributed by atoms with Crippen molar-refractivity contribution in [2.24, 2.45) is 0 Å². The van der Waals surface area contributed by atoms with Crippen LogP contribution in [0, 0.1) is 0 Å². The van der Waals surface area contributed by atoms with Crippen LogP contribution in [-0.2, 0) is 21.4 Å². The normalized spacial score (nSPS) is 17.1. The van der Waals surface area contributed by atoms with Gasteiger partial charge in [0.05, 0.1) is 21.2 Å². The van der Waals surface area contributed by atoms with E-state index < -0.39 is 10.0 Å². The Balaban J connectivity index is 1.97. The first-order chi connectivity index (χ1) is 12.9. The summed E-state index contributed by atoms with van der Waals surface area (Å²) in [5, 5.41) is 3.07. The number of aryl methyl sites for hydroxylation is 1. The first-order valence-corrected chi connectivity index (χ1v) is 11.6. The molecular weight excluding hydrogens is 384 g/mol. The predicted molar refractivity (Wildman–Crippen MR) is 107 cm³/mol. The van der Waals surface area contributed by atoms with E-state index >= 15 is 0 Å². The molecule has 27 heavy (non-hydrogen) atoms. The van der Waals surface area contributed by atoms with Gasteiger partial charge in [-0.1, -0.05) is 18.2 Å². The van der Waals surface area contributed by atoms with Crippen LogP contribution in [0.4, 0.5) is 0 Å². The third-order valence-electron chi connectivity index (χ3n) is 4.85. The zero-order valence-electron chi connectivity index (χ0n) is 15.9. The molecule has 1 aliphatic heterocycles. The van der Waals surface area contributed by atoms with Crippen LogP contribution >= 0.6 is 11.8 Å². The average Bonchev–Trinajstić information content (AvgIpc) is 3.03. The zero-order valence-corrected chi connectivity index (χ0v) is 17.6. The molecule has 148 valence electrons. The summed E-state index contributed by atoms with van der Waals surface area (Å²) >= 11 is 1.37. The Labute approximate surface area is 164 Å². The van der Waals surface area contributed by atoms with Crippen molar-refractivity contribution < 1.29 is 13.2 Å². The highest BCUT2D eigenvalue weighted by atomic mass is 32.2. The summed E-state index contributed by atoms with van der Waals surface area (Å²) in [6, 6.07) is 5.13. The largest absolute Gasteiger partial charge is 0.358 e. The second-order valence-corrected chi connectivity index (χ2v) is 9.87. The first kappa shape index (κ1) is 20.2. The molecule has 0 saturated carbocycles. The molecule has 0 aliphatic carbocycles. The summed E-state index contributed by atoms with van der Waals surface area (Å²) in [5.74, 6) is -0.0666. The van der Waals surface area contributed by atoms with E-state index in [4.69, 9.17) is 0 Å². The number of sulfonamides is 1. The van der Waals surface area contributed by atoms with Crippen molar-refractivity contribution in [3.8, 4) is 0 Å². The SMILES string of the molecule is CCn1c(SC(C)C(=O)NC)nc2cc(S(=O)(=O)N3CCCCC3)ccc21. The maximum Gasteiger partial charge on any atom is 0.243 e. The molecule has 9 heteroatoms. The lowest BCUT2D eigenvalue weighted by atomic mass is 10.2. The Morgan fingerprint density at radius 1 is 1.30 bits per heavy atom. The highest BCUT2D eigenvalue weighted by Gasteiger charge is 2.27. The number of nitrogens with one attached hydrogen (secondary N) is 1. The molecule has 1 saturated heterocycles. The molecule has 1 amide bonds. The number of hydrogen-bond acceptors (Lipinski definition) is 5. The van der Waals surface area contributed by atoms with Gasteiger partial charge in [0.25, 0.3) is 0 Å². The van der Waals surface area contributed by atoms with Crippen LogP contribution in [0.1, 0.15) is 33.1 Å². The summed E-state index contributed by atoms with van der Waals surface area (Å²) in [7, 11) is -1.88. The summed E-state index contributed by atoms with van der Waals surface area (Å²) < 4.78 is 29.4. The lowest BCUT2D eigenvalue weighted by Crippen LogP contribution is -2.35. The minimum absolute atomic E-state index is 0.0666. The molecule has 1 atom stereocenters. The van der Waals surface area contributed by atoms with Crippen LogP contribution < -0.4 is 5.32 Å². The molecule has 1 unspecified atom stereocenters. The van der Waals surface area contributed by atoms with Crippen molar-refractivity contribution in [2.75, 3.05) is 20.1 Å². The molecule has 2 heterocycles. The fourth-order valence-corrected chi connectivity index (χ4v) is 5.90. The van der Waals surface area contributed by atoms with Gasteiger partial charge >= 0.3 is 0 Å². The molecule has 0 radical (unpaired) electrons. The highest BCUT2D eigenvalue weighted by Crippen LogP contribution is 2.30. The van der Waals surface area contributed by atoms with E-state index in [1.807, 2.05) is 24.5 Å². The molecule has 2 aromatic rings. The number of benzene rings is 1. The fraction of sp³-hybridized carbons (Fsp3) is 0.556. The number of piperidine rings is 1. The molecule has 0 bridgehead atoms. The van der Waals surface area contributed by atoms with Gasteiger partial charge in [0.2, 0.25) is 15.9 Å². The standard InChI is InChI=1S/C18H26N4O3S2/c1-4-22-16-9-8-14(27(24,25)21-10-6-5-7-11-21)12-15(16)20-18(22)26-13(2)17(23)19-3/h8-9,12-13H,4-7,10-11H2,1-3H3,(H,19,23). The maximum absolute atomic E-state index is 12.9. The van der Waals surface area contributed by atoms with Crippen molar-refractivity contribution in [3.63, 3.8) is 0 Å². The number of rotatable bonds is 6. The van der Waals surface area contributed by atoms with E-state index in [0.717, 1.165) is 29.9 Å². The molecule has 1 aromatic carbocycles. The summed E-state index contributed by atoms with van der Waals surface area (Å²) in [6.45, 7) is 5.68. The number of hydrogen-bond donors (Lipinski definition) is 1. The summed E-state index contributed by atoms with van der Waals surface area (Å²) in [6.07, 6.45) is 2.89. The molecule has 7 nitrogen and oxygen atoms in total. The smallest absolute Gasteiger partial charge is 0.243 e. The van der Waals surface area contributed by atoms with Crippen LogP contribution in [0.3, 0.4) is 0 Å². The molecule has 1 fully saturated rings. The van der Waals surface area contributed by atoms with Crippen LogP contribution in [0.5, 0.6) is 0 Å². The van der Waals surface area contributed by atoms with E-state index in [9.17, 15) is 13.2 Å². The fourth-order valence-electron chi connectivity index (χ4n) is 3.31. The van der Waals surface area contributed by atoms with Gasteiger partial charge in [0.15, 0.2) is 5.16 Å². The van der Waals surface area contributed by atoms with Gasteiger partial charge in [-0.2, -0.15) is 4.31 Å². The van der Waals surface area contributed by atoms with E-state index in [2.05, 4.69) is 10.3 Å². The van der Waals surface area contributed by atoms with E-state index in [1.165, 1.54) is 11.8 Å². The average molecular weight is 411 g/mol. The highest BCUT2D eigenvalue weighted by molar-refractivity contribution is 8.00. The quantitative estimate of drug-likeness (QED) is 0.740. The topological polar surface area (TPSA) is 84.3 Å². The van der Waals surface area contributed by atoms with Gasteiger partial charge in [-0.25, -0.2) is 13.4 Å². The zero-order chi connectivity index (χ0) is 19.6. The third kappa shape index (κ3) is 4.00. The number of nitrogens with zero attached hydrogens (tertiary/aromatic N) is 3. The van der Waals surface area contributed by atoms with Crippen molar-refractivity contribution >= 4 is 38.7 Å². The summed E-state index contributed by atoms with van der Waals surface area (Å²) in [5.41, 5.74) is 1.52. The number of thioether (sulfide) groups is 1. The summed E-state index contributed by atoms with van der Waals surface area (Å²) in [4.78, 5) is 16.7. The van der Waals surface area contributed by atoms with E-state index in [-0.39, 0.29) is 16.1 Å². The van der Waals surface area contributed by atoms with Crippen molar-refractivity contribution in [1.82, 2.24) is 19.2 Å². The Bertz CT molecular complexity index is 933. The van der Waals surface area contributed by atoms with E-state index in [1.54, 1.807) is 23.5 Å². The van der Waals surface area contributed by atoms with Crippen molar-refractivity contribution in [1.29, 1.82) is 0 Å². The molecular formula is C18H26N4O3S2. The lowest BCUT2D eigenvalue weighted by molar-refractivity contribution is -0.119. The van der Waals surface area contributed by atoms with Crippen LogP contribution in [0.2, 0.25) is 0 Å². The maximum atomic E-state index is 12.9. The number of carbonyl (C=O) groups is 1. The second-order valence-electron chi connectivity index (χ2n) is 6.63. The molecule has 3 rings (SSSR count). The predicted octanol–water partition coefficient (Wildman–Crippen LogP) is 2.46. The van der Waals surface area contributed by atoms with Gasteiger partial charge in [-0.05, 0) is 44.9 Å². The Morgan fingerprint density at radius 3 is 2.63 bits per heavy atom. The van der Waals surface area contributed by atoms with Gasteiger partial charge in [-0.3, -0.25) is 4.79 Å². The molecule has 1 N–H and O–H groups in total. The third-order valence-corrected chi connectivity index (χ3v) is 7.84. The molecule has 1 aliphatic rings. The Morgan fingerprint density at radius 2 is 2.00 bits per heavy atom. The number of fused-ring (bicyclic) bond motifs is 1. The van der Waals surface area contributed by atoms with Gasteiger partial charge in [0, 0.05) is 26.7 Å². The minimum Gasteiger partial charge on any atom is -0.358 e. The number of amides is 1. The van der Waals surface area contributed by atoms with Gasteiger partial charge in [0.1, 0.15) is 0 Å². The van der Waals surface area contributed by atoms with E-state index in [0.29, 0.717) is 25.2 Å². The van der Waals surface area contributed by atoms with Gasteiger partial charge in [-0.15, -0.1) is 0 Å². The Hall–Kier alpha value is -1.58. The van der Waals surface area contributed by atoms with Crippen LogP contribution in [0.25, 0.3) is 11.0 Å². The monoisotopic (exact) mass is 410 g/mol. The first-order valence-electron chi connectivity index (χ1n) is 9.27. The Kier molecular flexibility index (Phi) is 6.12. The van der Waals surface area contributed by atoms with Crippen LogP contribution in [0.15, 0.2) is 28.3 Å². The number of carbonyl (C=O) groups excluding carboxylic acids is 1. The number of imidazole rings is 1. The van der Waals surface area contributed by atoms with Crippen molar-refractivity contribution in [3.05, 3.63) is 18.2 Å². The minimum atomic E-state index is -3.49. The second kappa shape index (κ2) is 8.20. The number of aromatic nitrogens is 2. The lowest BCUT2D eigenvalue weighted by Gasteiger charge is -2.25.